The van der Waals surface area contributed by atoms with Gasteiger partial charge in [-0.25, -0.2) is 26.6 Å². The van der Waals surface area contributed by atoms with Gasteiger partial charge in [0, 0.05) is 28.9 Å². The Morgan fingerprint density at radius 2 is 1.82 bits per heavy atom. The molecule has 0 atom stereocenters. The van der Waals surface area contributed by atoms with Gasteiger partial charge in [0.1, 0.15) is 22.3 Å². The minimum atomic E-state index is -4.36. The van der Waals surface area contributed by atoms with Crippen LogP contribution in [0.2, 0.25) is 0 Å². The molecule has 1 aliphatic rings. The molecule has 1 fully saturated rings. The van der Waals surface area contributed by atoms with Crippen molar-refractivity contribution in [3.8, 4) is 21.7 Å². The largest absolute Gasteiger partial charge is 0.306 e. The predicted octanol–water partition coefficient (Wildman–Crippen LogP) is 6.38. The van der Waals surface area contributed by atoms with Crippen molar-refractivity contribution < 1.29 is 21.6 Å². The monoisotopic (exact) mass is 557 g/mol. The number of aromatic nitrogens is 2. The zero-order valence-electron chi connectivity index (χ0n) is 20.9. The van der Waals surface area contributed by atoms with E-state index in [1.54, 1.807) is 18.3 Å². The third-order valence-electron chi connectivity index (χ3n) is 6.78. The zero-order chi connectivity index (χ0) is 27.0. The summed E-state index contributed by atoms with van der Waals surface area (Å²) >= 11 is 1.52. The Morgan fingerprint density at radius 3 is 2.55 bits per heavy atom. The Kier molecular flexibility index (Phi) is 7.39. The number of nitrogens with zero attached hydrogens (tertiary/aromatic N) is 3. The molecule has 38 heavy (non-hydrogen) atoms. The predicted molar refractivity (Wildman–Crippen MR) is 142 cm³/mol. The van der Waals surface area contributed by atoms with Crippen molar-refractivity contribution in [3.63, 3.8) is 0 Å². The van der Waals surface area contributed by atoms with Gasteiger partial charge in [-0.15, -0.1) is 11.3 Å². The maximum Gasteiger partial charge on any atom is 0.185 e. The molecule has 0 saturated carbocycles. The topological polar surface area (TPSA) is 63.2 Å². The first-order chi connectivity index (χ1) is 18.1. The van der Waals surface area contributed by atoms with Gasteiger partial charge >= 0.3 is 0 Å². The normalized spacial score (nSPS) is 15.2. The standard InChI is InChI=1S/C28H26F3N3O2S2/c1-17-14-19(8-11-32-17)27-26(33-28(37-27)18-9-12-34(2)13-10-18)22-5-3-4-20(25(22)31)16-38(35,36)24-15-21(29)6-7-23(24)30/h3-8,11,14-15,18H,9-10,12-13,16H2,1-2H3. The maximum atomic E-state index is 16.0. The quantitative estimate of drug-likeness (QED) is 0.275. The fourth-order valence-corrected chi connectivity index (χ4v) is 7.39. The fourth-order valence-electron chi connectivity index (χ4n) is 4.70. The molecule has 0 aliphatic carbocycles. The molecule has 4 aromatic rings. The Labute approximate surface area is 223 Å². The van der Waals surface area contributed by atoms with Crippen LogP contribution in [-0.4, -0.2) is 43.4 Å². The number of piperidine rings is 1. The minimum Gasteiger partial charge on any atom is -0.306 e. The van der Waals surface area contributed by atoms with Crippen LogP contribution in [0.25, 0.3) is 21.7 Å². The van der Waals surface area contributed by atoms with Crippen LogP contribution in [0.15, 0.2) is 59.6 Å². The number of rotatable bonds is 6. The van der Waals surface area contributed by atoms with Crippen molar-refractivity contribution in [3.05, 3.63) is 88.4 Å². The average molecular weight is 558 g/mol. The smallest absolute Gasteiger partial charge is 0.185 e. The molecular weight excluding hydrogens is 531 g/mol. The highest BCUT2D eigenvalue weighted by Crippen LogP contribution is 2.42. The number of likely N-dealkylation sites (tertiary alicyclic amines) is 1. The molecule has 198 valence electrons. The van der Waals surface area contributed by atoms with E-state index in [0.717, 1.165) is 59.2 Å². The van der Waals surface area contributed by atoms with Crippen LogP contribution < -0.4 is 0 Å². The first-order valence-corrected chi connectivity index (χ1v) is 14.7. The van der Waals surface area contributed by atoms with E-state index in [2.05, 4.69) is 16.9 Å². The number of hydrogen-bond donors (Lipinski definition) is 0. The third-order valence-corrected chi connectivity index (χ3v) is 9.72. The lowest BCUT2D eigenvalue weighted by Gasteiger charge is -2.27. The van der Waals surface area contributed by atoms with Crippen molar-refractivity contribution in [2.75, 3.05) is 20.1 Å². The molecule has 0 radical (unpaired) electrons. The average Bonchev–Trinajstić information content (AvgIpc) is 3.32. The second-order valence-electron chi connectivity index (χ2n) is 9.61. The molecule has 0 unspecified atom stereocenters. The van der Waals surface area contributed by atoms with Crippen molar-refractivity contribution >= 4 is 21.2 Å². The summed E-state index contributed by atoms with van der Waals surface area (Å²) in [5.74, 6) is -3.29. The lowest BCUT2D eigenvalue weighted by Crippen LogP contribution is -2.29. The molecule has 0 amide bonds. The maximum absolute atomic E-state index is 16.0. The van der Waals surface area contributed by atoms with Crippen molar-refractivity contribution in [1.29, 1.82) is 0 Å². The van der Waals surface area contributed by atoms with Crippen LogP contribution in [0.4, 0.5) is 13.2 Å². The SMILES string of the molecule is Cc1cc(-c2sc(C3CCN(C)CC3)nc2-c2cccc(CS(=O)(=O)c3cc(F)ccc3F)c2F)ccn1. The third kappa shape index (κ3) is 5.39. The lowest BCUT2D eigenvalue weighted by atomic mass is 9.98. The molecule has 0 N–H and O–H groups in total. The summed E-state index contributed by atoms with van der Waals surface area (Å²) in [7, 11) is -2.28. The van der Waals surface area contributed by atoms with E-state index in [9.17, 15) is 17.2 Å². The second kappa shape index (κ2) is 10.6. The highest BCUT2D eigenvalue weighted by Gasteiger charge is 2.28. The van der Waals surface area contributed by atoms with E-state index in [-0.39, 0.29) is 17.0 Å². The molecule has 10 heteroatoms. The van der Waals surface area contributed by atoms with Gasteiger partial charge in [-0.2, -0.15) is 0 Å². The molecule has 1 aliphatic heterocycles. The molecule has 0 spiro atoms. The molecule has 0 bridgehead atoms. The fraction of sp³-hybridized carbons (Fsp3) is 0.286. The Balaban J connectivity index is 1.58. The van der Waals surface area contributed by atoms with Gasteiger partial charge in [-0.05, 0) is 81.9 Å². The van der Waals surface area contributed by atoms with Crippen LogP contribution in [0.1, 0.15) is 35.0 Å². The van der Waals surface area contributed by atoms with E-state index in [0.29, 0.717) is 11.8 Å². The summed E-state index contributed by atoms with van der Waals surface area (Å²) in [6.45, 7) is 3.77. The van der Waals surface area contributed by atoms with Gasteiger partial charge in [0.2, 0.25) is 0 Å². The number of hydrogen-bond acceptors (Lipinski definition) is 6. The molecule has 2 aromatic heterocycles. The van der Waals surface area contributed by atoms with Gasteiger partial charge in [0.15, 0.2) is 9.84 Å². The van der Waals surface area contributed by atoms with E-state index >= 15 is 4.39 Å². The Bertz CT molecular complexity index is 1600. The Hall–Kier alpha value is -3.08. The minimum absolute atomic E-state index is 0.142. The van der Waals surface area contributed by atoms with Gasteiger partial charge in [0.05, 0.1) is 21.3 Å². The van der Waals surface area contributed by atoms with E-state index < -0.39 is 37.9 Å². The van der Waals surface area contributed by atoms with Crippen molar-refractivity contribution in [2.24, 2.45) is 0 Å². The van der Waals surface area contributed by atoms with Crippen LogP contribution in [0, 0.1) is 24.4 Å². The number of aryl methyl sites for hydroxylation is 1. The van der Waals surface area contributed by atoms with Crippen LogP contribution in [0.5, 0.6) is 0 Å². The van der Waals surface area contributed by atoms with Gasteiger partial charge < -0.3 is 4.90 Å². The number of sulfone groups is 1. The van der Waals surface area contributed by atoms with Crippen molar-refractivity contribution in [2.45, 2.75) is 36.3 Å². The molecule has 5 nitrogen and oxygen atoms in total. The summed E-state index contributed by atoms with van der Waals surface area (Å²) in [5.41, 5.74) is 2.11. The van der Waals surface area contributed by atoms with Crippen LogP contribution in [0.3, 0.4) is 0 Å². The summed E-state index contributed by atoms with van der Waals surface area (Å²) in [6.07, 6.45) is 3.58. The first-order valence-electron chi connectivity index (χ1n) is 12.2. The summed E-state index contributed by atoms with van der Waals surface area (Å²) < 4.78 is 69.8. The summed E-state index contributed by atoms with van der Waals surface area (Å²) in [6, 6.07) is 10.4. The number of pyridine rings is 1. The zero-order valence-corrected chi connectivity index (χ0v) is 22.6. The first kappa shape index (κ1) is 26.5. The van der Waals surface area contributed by atoms with Crippen molar-refractivity contribution in [1.82, 2.24) is 14.9 Å². The summed E-state index contributed by atoms with van der Waals surface area (Å²) in [4.78, 5) is 11.4. The van der Waals surface area contributed by atoms with Gasteiger partial charge in [0.25, 0.3) is 0 Å². The number of benzene rings is 2. The number of thiazole rings is 1. The van der Waals surface area contributed by atoms with Crippen LogP contribution in [-0.2, 0) is 15.6 Å². The Morgan fingerprint density at radius 1 is 1.05 bits per heavy atom. The molecular formula is C28H26F3N3O2S2. The number of halogens is 3. The summed E-state index contributed by atoms with van der Waals surface area (Å²) in [5, 5.41) is 0.914. The van der Waals surface area contributed by atoms with Crippen LogP contribution >= 0.6 is 11.3 Å². The molecule has 3 heterocycles. The van der Waals surface area contributed by atoms with E-state index in [1.807, 2.05) is 19.1 Å². The van der Waals surface area contributed by atoms with Gasteiger partial charge in [-0.3, -0.25) is 4.98 Å². The molecule has 2 aromatic carbocycles. The molecule has 1 saturated heterocycles. The highest BCUT2D eigenvalue weighted by atomic mass is 32.2. The van der Waals surface area contributed by atoms with E-state index in [4.69, 9.17) is 4.98 Å². The van der Waals surface area contributed by atoms with Gasteiger partial charge in [-0.1, -0.05) is 12.1 Å². The highest BCUT2D eigenvalue weighted by molar-refractivity contribution is 7.90. The second-order valence-corrected chi connectivity index (χ2v) is 12.6. The van der Waals surface area contributed by atoms with E-state index in [1.165, 1.54) is 17.4 Å². The lowest BCUT2D eigenvalue weighted by molar-refractivity contribution is 0.255. The molecule has 5 rings (SSSR count).